The molecule has 0 spiro atoms. The largest absolute Gasteiger partial charge is 0.416 e. The summed E-state index contributed by atoms with van der Waals surface area (Å²) in [4.78, 5) is 4.36. The van der Waals surface area contributed by atoms with Crippen LogP contribution in [0.4, 0.5) is 18.9 Å². The average molecular weight is 373 g/mol. The molecule has 0 fully saturated rings. The van der Waals surface area contributed by atoms with Gasteiger partial charge < -0.3 is 5.73 Å². The van der Waals surface area contributed by atoms with Crippen molar-refractivity contribution in [3.63, 3.8) is 0 Å². The van der Waals surface area contributed by atoms with Crippen LogP contribution in [0.25, 0.3) is 20.8 Å². The second-order valence-electron chi connectivity index (χ2n) is 4.43. The molecule has 0 saturated heterocycles. The molecule has 0 aliphatic heterocycles. The van der Waals surface area contributed by atoms with Gasteiger partial charge in [0.2, 0.25) is 0 Å². The van der Waals surface area contributed by atoms with Crippen molar-refractivity contribution in [2.75, 3.05) is 5.73 Å². The molecular weight excluding hydrogens is 365 g/mol. The van der Waals surface area contributed by atoms with E-state index < -0.39 is 11.7 Å². The Kier molecular flexibility index (Phi) is 3.41. The molecule has 1 heterocycles. The van der Waals surface area contributed by atoms with Gasteiger partial charge in [-0.25, -0.2) is 4.98 Å². The average Bonchev–Trinajstić information content (AvgIpc) is 2.80. The van der Waals surface area contributed by atoms with Crippen LogP contribution in [0.5, 0.6) is 0 Å². The number of rotatable bonds is 1. The molecule has 0 atom stereocenters. The van der Waals surface area contributed by atoms with Crippen LogP contribution >= 0.6 is 27.3 Å². The predicted octanol–water partition coefficient (Wildman–Crippen LogP) is 5.33. The summed E-state index contributed by atoms with van der Waals surface area (Å²) in [6.45, 7) is 0. The topological polar surface area (TPSA) is 38.9 Å². The Morgan fingerprint density at radius 1 is 1.10 bits per heavy atom. The van der Waals surface area contributed by atoms with Crippen LogP contribution in [0.15, 0.2) is 40.9 Å². The maximum atomic E-state index is 12.8. The van der Waals surface area contributed by atoms with Gasteiger partial charge in [-0.15, -0.1) is 11.3 Å². The molecule has 2 nitrogen and oxygen atoms in total. The lowest BCUT2D eigenvalue weighted by molar-refractivity contribution is -0.137. The van der Waals surface area contributed by atoms with Crippen LogP contribution < -0.4 is 5.73 Å². The number of nitrogen functional groups attached to an aromatic ring is 1. The lowest BCUT2D eigenvalue weighted by Gasteiger charge is -2.09. The Bertz CT molecular complexity index is 827. The number of nitrogens with zero attached hydrogens (tertiary/aromatic N) is 1. The molecule has 108 valence electrons. The van der Waals surface area contributed by atoms with Crippen molar-refractivity contribution >= 4 is 43.2 Å². The van der Waals surface area contributed by atoms with Gasteiger partial charge in [-0.2, -0.15) is 13.2 Å². The van der Waals surface area contributed by atoms with Crippen molar-refractivity contribution < 1.29 is 13.2 Å². The van der Waals surface area contributed by atoms with Gasteiger partial charge in [-0.1, -0.05) is 15.9 Å². The molecule has 0 bridgehead atoms. The van der Waals surface area contributed by atoms with Crippen molar-refractivity contribution in [1.29, 1.82) is 0 Å². The fourth-order valence-corrected chi connectivity index (χ4v) is 3.49. The van der Waals surface area contributed by atoms with Gasteiger partial charge in [0.15, 0.2) is 0 Å². The molecule has 0 aliphatic carbocycles. The summed E-state index contributed by atoms with van der Waals surface area (Å²) >= 11 is 4.67. The van der Waals surface area contributed by atoms with Crippen LogP contribution in [-0.4, -0.2) is 4.98 Å². The molecule has 2 aromatic carbocycles. The summed E-state index contributed by atoms with van der Waals surface area (Å²) in [5.41, 5.74) is 6.39. The molecule has 0 saturated carbocycles. The third-order valence-electron chi connectivity index (χ3n) is 2.96. The van der Waals surface area contributed by atoms with E-state index in [1.165, 1.54) is 17.4 Å². The Morgan fingerprint density at radius 2 is 1.86 bits per heavy atom. The monoisotopic (exact) mass is 372 g/mol. The maximum absolute atomic E-state index is 12.8. The second kappa shape index (κ2) is 4.99. The van der Waals surface area contributed by atoms with E-state index in [9.17, 15) is 13.2 Å². The van der Waals surface area contributed by atoms with Crippen LogP contribution in [-0.2, 0) is 6.18 Å². The summed E-state index contributed by atoms with van der Waals surface area (Å²) in [7, 11) is 0. The highest BCUT2D eigenvalue weighted by Gasteiger charge is 2.31. The Hall–Kier alpha value is -1.60. The van der Waals surface area contributed by atoms with E-state index in [2.05, 4.69) is 20.9 Å². The Labute approximate surface area is 130 Å². The smallest absolute Gasteiger partial charge is 0.398 e. The molecule has 2 N–H and O–H groups in total. The summed E-state index contributed by atoms with van der Waals surface area (Å²) in [5.74, 6) is 0. The first-order valence-corrected chi connectivity index (χ1v) is 7.49. The zero-order chi connectivity index (χ0) is 15.2. The number of thiazole rings is 1. The minimum absolute atomic E-state index is 0.279. The number of aromatic nitrogens is 1. The quantitative estimate of drug-likeness (QED) is 0.586. The van der Waals surface area contributed by atoms with E-state index in [1.54, 1.807) is 0 Å². The molecule has 21 heavy (non-hydrogen) atoms. The predicted molar refractivity (Wildman–Crippen MR) is 82.2 cm³/mol. The molecular formula is C14H8BrF3N2S. The standard InChI is InChI=1S/C14H8BrF3N2S/c15-8-2-4-11-12(6-8)21-13(20-11)9-5-7(14(16,17)18)1-3-10(9)19/h1-6H,19H2. The number of benzene rings is 2. The highest BCUT2D eigenvalue weighted by molar-refractivity contribution is 9.10. The molecule has 0 aliphatic rings. The van der Waals surface area contributed by atoms with Crippen LogP contribution in [0.1, 0.15) is 5.56 Å². The van der Waals surface area contributed by atoms with Crippen molar-refractivity contribution in [1.82, 2.24) is 4.98 Å². The van der Waals surface area contributed by atoms with Gasteiger partial charge in [0.25, 0.3) is 0 Å². The van der Waals surface area contributed by atoms with Crippen molar-refractivity contribution in [2.45, 2.75) is 6.18 Å². The summed E-state index contributed by atoms with van der Waals surface area (Å²) < 4.78 is 40.2. The fraction of sp³-hybridized carbons (Fsp3) is 0.0714. The van der Waals surface area contributed by atoms with Crippen LogP contribution in [0, 0.1) is 0 Å². The summed E-state index contributed by atoms with van der Waals surface area (Å²) in [6.07, 6.45) is -4.40. The third kappa shape index (κ3) is 2.75. The molecule has 3 rings (SSSR count). The lowest BCUT2D eigenvalue weighted by atomic mass is 10.1. The van der Waals surface area contributed by atoms with E-state index >= 15 is 0 Å². The molecule has 3 aromatic rings. The number of hydrogen-bond donors (Lipinski definition) is 1. The normalized spacial score (nSPS) is 12.0. The number of hydrogen-bond acceptors (Lipinski definition) is 3. The van der Waals surface area contributed by atoms with Gasteiger partial charge in [-0.05, 0) is 36.4 Å². The summed E-state index contributed by atoms with van der Waals surface area (Å²) in [5, 5.41) is 0.478. The van der Waals surface area contributed by atoms with Gasteiger partial charge in [0, 0.05) is 15.7 Å². The Balaban J connectivity index is 2.17. The number of alkyl halides is 3. The fourth-order valence-electron chi connectivity index (χ4n) is 1.93. The zero-order valence-electron chi connectivity index (χ0n) is 10.4. The zero-order valence-corrected chi connectivity index (χ0v) is 12.8. The van der Waals surface area contributed by atoms with E-state index in [4.69, 9.17) is 5.73 Å². The molecule has 7 heteroatoms. The number of halogens is 4. The van der Waals surface area contributed by atoms with E-state index in [-0.39, 0.29) is 5.69 Å². The van der Waals surface area contributed by atoms with Gasteiger partial charge >= 0.3 is 6.18 Å². The molecule has 0 radical (unpaired) electrons. The molecule has 1 aromatic heterocycles. The van der Waals surface area contributed by atoms with Crippen LogP contribution in [0.3, 0.4) is 0 Å². The lowest BCUT2D eigenvalue weighted by Crippen LogP contribution is -2.05. The second-order valence-corrected chi connectivity index (χ2v) is 6.38. The summed E-state index contributed by atoms with van der Waals surface area (Å²) in [6, 6.07) is 8.80. The van der Waals surface area contributed by atoms with Crippen LogP contribution in [0.2, 0.25) is 0 Å². The third-order valence-corrected chi connectivity index (χ3v) is 4.51. The number of nitrogens with two attached hydrogens (primary N) is 1. The Morgan fingerprint density at radius 3 is 2.57 bits per heavy atom. The first-order chi connectivity index (χ1) is 9.84. The maximum Gasteiger partial charge on any atom is 0.416 e. The number of fused-ring (bicyclic) bond motifs is 1. The first-order valence-electron chi connectivity index (χ1n) is 5.88. The number of anilines is 1. The van der Waals surface area contributed by atoms with Gasteiger partial charge in [-0.3, -0.25) is 0 Å². The minimum Gasteiger partial charge on any atom is -0.398 e. The van der Waals surface area contributed by atoms with Gasteiger partial charge in [0.1, 0.15) is 5.01 Å². The minimum atomic E-state index is -4.40. The van der Waals surface area contributed by atoms with E-state index in [0.29, 0.717) is 10.6 Å². The first kappa shape index (κ1) is 14.3. The van der Waals surface area contributed by atoms with E-state index in [1.807, 2.05) is 18.2 Å². The molecule has 0 amide bonds. The highest BCUT2D eigenvalue weighted by atomic mass is 79.9. The molecule has 0 unspecified atom stereocenters. The van der Waals surface area contributed by atoms with Gasteiger partial charge in [0.05, 0.1) is 15.8 Å². The van der Waals surface area contributed by atoms with Crippen molar-refractivity contribution in [2.24, 2.45) is 0 Å². The van der Waals surface area contributed by atoms with E-state index in [0.717, 1.165) is 26.8 Å². The van der Waals surface area contributed by atoms with Crippen molar-refractivity contribution in [3.05, 3.63) is 46.4 Å². The SMILES string of the molecule is Nc1ccc(C(F)(F)F)cc1-c1nc2ccc(Br)cc2s1. The van der Waals surface area contributed by atoms with Crippen molar-refractivity contribution in [3.8, 4) is 10.6 Å². The highest BCUT2D eigenvalue weighted by Crippen LogP contribution is 2.38.